The molecule has 0 spiro atoms. The number of anilines is 2. The average Bonchev–Trinajstić information content (AvgIpc) is 2.48. The van der Waals surface area contributed by atoms with Crippen LogP contribution in [0, 0.1) is 11.3 Å². The smallest absolute Gasteiger partial charge is 0.262 e. The number of nitriles is 1. The van der Waals surface area contributed by atoms with Gasteiger partial charge in [0.25, 0.3) is 5.91 Å². The maximum absolute atomic E-state index is 11.8. The Balaban J connectivity index is 1.96. The number of ether oxygens (including phenoxy) is 1. The van der Waals surface area contributed by atoms with Crippen LogP contribution < -0.4 is 15.8 Å². The molecule has 106 valence electrons. The molecule has 0 aromatic heterocycles. The standard InChI is InChI=1S/C15H12ClN3O2/c16-11-7-10(8-17)5-6-13(11)19-15(20)9-21-14-4-2-1-3-12(14)18/h1-7H,9,18H2,(H,19,20). The van der Waals surface area contributed by atoms with Gasteiger partial charge in [0.15, 0.2) is 6.61 Å². The second kappa shape index (κ2) is 6.64. The number of nitrogen functional groups attached to an aromatic ring is 1. The summed E-state index contributed by atoms with van der Waals surface area (Å²) in [6.45, 7) is -0.190. The van der Waals surface area contributed by atoms with Crippen molar-refractivity contribution in [2.24, 2.45) is 0 Å². The number of amides is 1. The van der Waals surface area contributed by atoms with Gasteiger partial charge < -0.3 is 15.8 Å². The van der Waals surface area contributed by atoms with Crippen molar-refractivity contribution >= 4 is 28.9 Å². The maximum atomic E-state index is 11.8. The molecule has 0 heterocycles. The van der Waals surface area contributed by atoms with Gasteiger partial charge in [-0.15, -0.1) is 0 Å². The van der Waals surface area contributed by atoms with Gasteiger partial charge in [0.2, 0.25) is 0 Å². The van der Waals surface area contributed by atoms with Gasteiger partial charge >= 0.3 is 0 Å². The summed E-state index contributed by atoms with van der Waals surface area (Å²) in [4.78, 5) is 11.8. The Morgan fingerprint density at radius 3 is 2.76 bits per heavy atom. The number of carbonyl (C=O) groups is 1. The van der Waals surface area contributed by atoms with Gasteiger partial charge in [0, 0.05) is 0 Å². The Labute approximate surface area is 126 Å². The van der Waals surface area contributed by atoms with Crippen LogP contribution in [0.2, 0.25) is 5.02 Å². The lowest BCUT2D eigenvalue weighted by molar-refractivity contribution is -0.118. The highest BCUT2D eigenvalue weighted by atomic mass is 35.5. The number of benzene rings is 2. The second-order valence-corrected chi connectivity index (χ2v) is 4.59. The van der Waals surface area contributed by atoms with E-state index in [2.05, 4.69) is 5.32 Å². The lowest BCUT2D eigenvalue weighted by Gasteiger charge is -2.10. The number of carbonyl (C=O) groups excluding carboxylic acids is 1. The Bertz CT molecular complexity index is 710. The van der Waals surface area contributed by atoms with Crippen molar-refractivity contribution in [3.63, 3.8) is 0 Å². The number of rotatable bonds is 4. The molecule has 0 unspecified atom stereocenters. The Hall–Kier alpha value is -2.71. The van der Waals surface area contributed by atoms with E-state index in [1.54, 1.807) is 36.4 Å². The number of nitrogens with zero attached hydrogens (tertiary/aromatic N) is 1. The third-order valence-corrected chi connectivity index (χ3v) is 2.96. The zero-order chi connectivity index (χ0) is 15.2. The monoisotopic (exact) mass is 301 g/mol. The van der Waals surface area contributed by atoms with Crippen LogP contribution in [0.5, 0.6) is 5.75 Å². The lowest BCUT2D eigenvalue weighted by Crippen LogP contribution is -2.20. The summed E-state index contributed by atoms with van der Waals surface area (Å²) < 4.78 is 5.32. The van der Waals surface area contributed by atoms with E-state index in [4.69, 9.17) is 27.3 Å². The first-order chi connectivity index (χ1) is 10.1. The number of nitrogens with two attached hydrogens (primary N) is 1. The molecule has 3 N–H and O–H groups in total. The Morgan fingerprint density at radius 1 is 1.33 bits per heavy atom. The number of para-hydroxylation sites is 2. The van der Waals surface area contributed by atoms with E-state index in [-0.39, 0.29) is 12.5 Å². The summed E-state index contributed by atoms with van der Waals surface area (Å²) in [6.07, 6.45) is 0. The van der Waals surface area contributed by atoms with Crippen molar-refractivity contribution in [2.75, 3.05) is 17.7 Å². The van der Waals surface area contributed by atoms with E-state index in [0.717, 1.165) is 0 Å². The van der Waals surface area contributed by atoms with Gasteiger partial charge in [-0.25, -0.2) is 0 Å². The number of hydrogen-bond donors (Lipinski definition) is 2. The van der Waals surface area contributed by atoms with E-state index in [0.29, 0.717) is 27.7 Å². The Kier molecular flexibility index (Phi) is 4.64. The largest absolute Gasteiger partial charge is 0.482 e. The van der Waals surface area contributed by atoms with Crippen molar-refractivity contribution in [3.8, 4) is 11.8 Å². The van der Waals surface area contributed by atoms with Crippen LogP contribution in [0.4, 0.5) is 11.4 Å². The molecule has 21 heavy (non-hydrogen) atoms. The van der Waals surface area contributed by atoms with Crippen molar-refractivity contribution in [3.05, 3.63) is 53.1 Å². The highest BCUT2D eigenvalue weighted by Gasteiger charge is 2.08. The van der Waals surface area contributed by atoms with E-state index < -0.39 is 0 Å². The quantitative estimate of drug-likeness (QED) is 0.850. The van der Waals surface area contributed by atoms with E-state index in [9.17, 15) is 4.79 Å². The molecule has 0 aliphatic heterocycles. The van der Waals surface area contributed by atoms with Crippen LogP contribution in [0.15, 0.2) is 42.5 Å². The summed E-state index contributed by atoms with van der Waals surface area (Å²) in [5.41, 5.74) is 7.01. The molecule has 0 atom stereocenters. The summed E-state index contributed by atoms with van der Waals surface area (Å²) in [5, 5.41) is 11.6. The van der Waals surface area contributed by atoms with Crippen molar-refractivity contribution in [1.29, 1.82) is 5.26 Å². The number of halogens is 1. The fourth-order valence-electron chi connectivity index (χ4n) is 1.63. The van der Waals surface area contributed by atoms with Crippen LogP contribution in [0.25, 0.3) is 0 Å². The van der Waals surface area contributed by atoms with Crippen LogP contribution in [0.3, 0.4) is 0 Å². The van der Waals surface area contributed by atoms with Gasteiger partial charge in [0.1, 0.15) is 5.75 Å². The van der Waals surface area contributed by atoms with Gasteiger partial charge in [-0.05, 0) is 30.3 Å². The minimum atomic E-state index is -0.370. The SMILES string of the molecule is N#Cc1ccc(NC(=O)COc2ccccc2N)c(Cl)c1. The van der Waals surface area contributed by atoms with Crippen LogP contribution >= 0.6 is 11.6 Å². The first-order valence-electron chi connectivity index (χ1n) is 6.07. The third-order valence-electron chi connectivity index (χ3n) is 2.65. The van der Waals surface area contributed by atoms with E-state index in [1.165, 1.54) is 6.07 Å². The molecule has 5 nitrogen and oxygen atoms in total. The minimum Gasteiger partial charge on any atom is -0.482 e. The summed E-state index contributed by atoms with van der Waals surface area (Å²) in [5.74, 6) is 0.0726. The highest BCUT2D eigenvalue weighted by Crippen LogP contribution is 2.23. The predicted molar refractivity (Wildman–Crippen MR) is 81.1 cm³/mol. The van der Waals surface area contributed by atoms with E-state index >= 15 is 0 Å². The molecule has 0 radical (unpaired) electrons. The van der Waals surface area contributed by atoms with Crippen LogP contribution in [-0.4, -0.2) is 12.5 Å². The summed E-state index contributed by atoms with van der Waals surface area (Å²) in [7, 11) is 0. The maximum Gasteiger partial charge on any atom is 0.262 e. The van der Waals surface area contributed by atoms with E-state index in [1.807, 2.05) is 6.07 Å². The molecule has 6 heteroatoms. The van der Waals surface area contributed by atoms with Gasteiger partial charge in [-0.2, -0.15) is 5.26 Å². The normalized spacial score (nSPS) is 9.71. The molecule has 0 fully saturated rings. The predicted octanol–water partition coefficient (Wildman–Crippen LogP) is 2.81. The molecule has 0 saturated heterocycles. The molecule has 1 amide bonds. The number of nitrogens with one attached hydrogen (secondary N) is 1. The molecule has 2 aromatic carbocycles. The molecule has 0 bridgehead atoms. The summed E-state index contributed by atoms with van der Waals surface area (Å²) >= 11 is 5.97. The van der Waals surface area contributed by atoms with Crippen molar-refractivity contribution in [2.45, 2.75) is 0 Å². The zero-order valence-corrected chi connectivity index (χ0v) is 11.7. The molecular formula is C15H12ClN3O2. The topological polar surface area (TPSA) is 88.1 Å². The van der Waals surface area contributed by atoms with Gasteiger partial charge in [-0.3, -0.25) is 4.79 Å². The molecule has 0 saturated carbocycles. The molecule has 0 aliphatic rings. The van der Waals surface area contributed by atoms with Crippen molar-refractivity contribution in [1.82, 2.24) is 0 Å². The first-order valence-corrected chi connectivity index (χ1v) is 6.45. The third kappa shape index (κ3) is 3.88. The first kappa shape index (κ1) is 14.7. The average molecular weight is 302 g/mol. The van der Waals surface area contributed by atoms with Crippen molar-refractivity contribution < 1.29 is 9.53 Å². The highest BCUT2D eigenvalue weighted by molar-refractivity contribution is 6.33. The Morgan fingerprint density at radius 2 is 2.10 bits per heavy atom. The zero-order valence-electron chi connectivity index (χ0n) is 11.0. The fourth-order valence-corrected chi connectivity index (χ4v) is 1.86. The molecular weight excluding hydrogens is 290 g/mol. The van der Waals surface area contributed by atoms with Crippen LogP contribution in [-0.2, 0) is 4.79 Å². The molecule has 2 aromatic rings. The molecule has 2 rings (SSSR count). The van der Waals surface area contributed by atoms with Gasteiger partial charge in [-0.1, -0.05) is 23.7 Å². The van der Waals surface area contributed by atoms with Gasteiger partial charge in [0.05, 0.1) is 28.0 Å². The van der Waals surface area contributed by atoms with Crippen LogP contribution in [0.1, 0.15) is 5.56 Å². The minimum absolute atomic E-state index is 0.190. The number of hydrogen-bond acceptors (Lipinski definition) is 4. The lowest BCUT2D eigenvalue weighted by atomic mass is 10.2. The second-order valence-electron chi connectivity index (χ2n) is 4.18. The molecule has 0 aliphatic carbocycles. The fraction of sp³-hybridized carbons (Fsp3) is 0.0667. The summed E-state index contributed by atoms with van der Waals surface area (Å²) in [6, 6.07) is 13.5.